The molecule has 2 aromatic rings. The van der Waals surface area contributed by atoms with Crippen molar-refractivity contribution in [2.45, 2.75) is 25.8 Å². The Morgan fingerprint density at radius 2 is 2.14 bits per heavy atom. The summed E-state index contributed by atoms with van der Waals surface area (Å²) in [6, 6.07) is 9.83. The second kappa shape index (κ2) is 10.8. The van der Waals surface area contributed by atoms with E-state index in [1.54, 1.807) is 25.4 Å². The predicted molar refractivity (Wildman–Crippen MR) is 112 cm³/mol. The van der Waals surface area contributed by atoms with E-state index in [1.165, 1.54) is 12.1 Å². The van der Waals surface area contributed by atoms with E-state index in [4.69, 9.17) is 9.47 Å². The molecule has 1 aromatic heterocycles. The number of nitrogens with zero attached hydrogens (tertiary/aromatic N) is 3. The van der Waals surface area contributed by atoms with Crippen LogP contribution in [0.4, 0.5) is 4.39 Å². The molecule has 0 amide bonds. The average Bonchev–Trinajstić information content (AvgIpc) is 2.74. The number of hydrogen-bond donors (Lipinski definition) is 1. The fraction of sp³-hybridized carbons (Fsp3) is 0.455. The van der Waals surface area contributed by atoms with Gasteiger partial charge >= 0.3 is 0 Å². The Balaban J connectivity index is 1.56. The number of aliphatic imine (C=N–C) groups is 1. The number of guanidine groups is 1. The maximum absolute atomic E-state index is 13.4. The lowest BCUT2D eigenvalue weighted by Crippen LogP contribution is -2.39. The summed E-state index contributed by atoms with van der Waals surface area (Å²) in [6.07, 6.45) is 5.06. The van der Waals surface area contributed by atoms with Crippen LogP contribution < -0.4 is 10.1 Å². The second-order valence-corrected chi connectivity index (χ2v) is 7.19. The zero-order chi connectivity index (χ0) is 20.5. The van der Waals surface area contributed by atoms with Crippen LogP contribution in [0.5, 0.6) is 11.6 Å². The third-order valence-corrected chi connectivity index (χ3v) is 5.08. The monoisotopic (exact) mass is 400 g/mol. The maximum atomic E-state index is 13.4. The summed E-state index contributed by atoms with van der Waals surface area (Å²) < 4.78 is 24.6. The van der Waals surface area contributed by atoms with Crippen LogP contribution in [-0.4, -0.2) is 49.7 Å². The minimum Gasteiger partial charge on any atom is -0.439 e. The normalized spacial score (nSPS) is 15.2. The molecule has 1 N–H and O–H groups in total. The summed E-state index contributed by atoms with van der Waals surface area (Å²) in [5.74, 6) is 2.06. The summed E-state index contributed by atoms with van der Waals surface area (Å²) in [5.41, 5.74) is 0.871. The summed E-state index contributed by atoms with van der Waals surface area (Å²) in [5, 5.41) is 3.37. The zero-order valence-corrected chi connectivity index (χ0v) is 17.1. The first kappa shape index (κ1) is 21.0. The molecule has 3 rings (SSSR count). The SMILES string of the molecule is CN=C(NCc1cccnc1Oc1cccc(F)c1)N(C)CCC1CCOCC1. The first-order valence-electron chi connectivity index (χ1n) is 10.0. The Bertz CT molecular complexity index is 809. The van der Waals surface area contributed by atoms with Crippen molar-refractivity contribution in [1.29, 1.82) is 0 Å². The molecule has 2 heterocycles. The number of hydrogen-bond acceptors (Lipinski definition) is 4. The first-order chi connectivity index (χ1) is 14.2. The molecular weight excluding hydrogens is 371 g/mol. The molecule has 1 aromatic carbocycles. The molecule has 0 unspecified atom stereocenters. The van der Waals surface area contributed by atoms with Crippen molar-refractivity contribution in [2.24, 2.45) is 10.9 Å². The largest absolute Gasteiger partial charge is 0.439 e. The fourth-order valence-electron chi connectivity index (χ4n) is 3.37. The lowest BCUT2D eigenvalue weighted by Gasteiger charge is -2.27. The van der Waals surface area contributed by atoms with Crippen LogP contribution >= 0.6 is 0 Å². The van der Waals surface area contributed by atoms with Gasteiger partial charge in [-0.25, -0.2) is 9.37 Å². The van der Waals surface area contributed by atoms with E-state index in [0.29, 0.717) is 24.1 Å². The molecule has 0 spiro atoms. The van der Waals surface area contributed by atoms with Gasteiger partial charge in [-0.05, 0) is 43.4 Å². The number of halogens is 1. The number of rotatable bonds is 7. The Hall–Kier alpha value is -2.67. The molecule has 0 bridgehead atoms. The van der Waals surface area contributed by atoms with E-state index in [9.17, 15) is 4.39 Å². The molecule has 1 fully saturated rings. The number of pyridine rings is 1. The molecule has 6 nitrogen and oxygen atoms in total. The van der Waals surface area contributed by atoms with Crippen LogP contribution in [0.3, 0.4) is 0 Å². The molecule has 0 aliphatic carbocycles. The van der Waals surface area contributed by atoms with E-state index >= 15 is 0 Å². The summed E-state index contributed by atoms with van der Waals surface area (Å²) >= 11 is 0. The molecule has 156 valence electrons. The fourth-order valence-corrected chi connectivity index (χ4v) is 3.37. The van der Waals surface area contributed by atoms with Crippen molar-refractivity contribution in [3.63, 3.8) is 0 Å². The third-order valence-electron chi connectivity index (χ3n) is 5.08. The van der Waals surface area contributed by atoms with Gasteiger partial charge in [-0.15, -0.1) is 0 Å². The lowest BCUT2D eigenvalue weighted by atomic mass is 9.96. The summed E-state index contributed by atoms with van der Waals surface area (Å²) in [6.45, 7) is 3.18. The number of ether oxygens (including phenoxy) is 2. The molecule has 0 saturated carbocycles. The quantitative estimate of drug-likeness (QED) is 0.565. The van der Waals surface area contributed by atoms with Gasteiger partial charge in [-0.1, -0.05) is 12.1 Å². The van der Waals surface area contributed by atoms with Gasteiger partial charge < -0.3 is 19.7 Å². The molecule has 1 aliphatic rings. The smallest absolute Gasteiger partial charge is 0.224 e. The van der Waals surface area contributed by atoms with Gasteiger partial charge in [0, 0.05) is 58.2 Å². The highest BCUT2D eigenvalue weighted by molar-refractivity contribution is 5.79. The Kier molecular flexibility index (Phi) is 7.81. The van der Waals surface area contributed by atoms with Gasteiger partial charge in [-0.3, -0.25) is 4.99 Å². The van der Waals surface area contributed by atoms with Gasteiger partial charge in [0.1, 0.15) is 11.6 Å². The van der Waals surface area contributed by atoms with E-state index in [1.807, 2.05) is 19.2 Å². The highest BCUT2D eigenvalue weighted by Gasteiger charge is 2.16. The van der Waals surface area contributed by atoms with Crippen LogP contribution in [0.1, 0.15) is 24.8 Å². The second-order valence-electron chi connectivity index (χ2n) is 7.19. The molecule has 1 saturated heterocycles. The van der Waals surface area contributed by atoms with Gasteiger partial charge in [0.05, 0.1) is 0 Å². The molecule has 29 heavy (non-hydrogen) atoms. The van der Waals surface area contributed by atoms with Crippen molar-refractivity contribution in [1.82, 2.24) is 15.2 Å². The van der Waals surface area contributed by atoms with Crippen molar-refractivity contribution >= 4 is 5.96 Å². The minimum absolute atomic E-state index is 0.343. The molecule has 7 heteroatoms. The van der Waals surface area contributed by atoms with Gasteiger partial charge in [0.2, 0.25) is 5.88 Å². The highest BCUT2D eigenvalue weighted by Crippen LogP contribution is 2.23. The Morgan fingerprint density at radius 3 is 2.90 bits per heavy atom. The number of aromatic nitrogens is 1. The lowest BCUT2D eigenvalue weighted by molar-refractivity contribution is 0.0625. The summed E-state index contributed by atoms with van der Waals surface area (Å²) in [7, 11) is 3.82. The van der Waals surface area contributed by atoms with Gasteiger partial charge in [-0.2, -0.15) is 0 Å². The van der Waals surface area contributed by atoms with Gasteiger partial charge in [0.15, 0.2) is 5.96 Å². The Morgan fingerprint density at radius 1 is 1.31 bits per heavy atom. The predicted octanol–water partition coefficient (Wildman–Crippen LogP) is 3.84. The molecule has 1 aliphatic heterocycles. The molecular formula is C22H29FN4O2. The molecule has 0 atom stereocenters. The molecule has 0 radical (unpaired) electrons. The van der Waals surface area contributed by atoms with E-state index < -0.39 is 0 Å². The first-order valence-corrected chi connectivity index (χ1v) is 10.0. The van der Waals surface area contributed by atoms with Gasteiger partial charge in [0.25, 0.3) is 0 Å². The van der Waals surface area contributed by atoms with Crippen molar-refractivity contribution < 1.29 is 13.9 Å². The topological polar surface area (TPSA) is 59.0 Å². The van der Waals surface area contributed by atoms with E-state index in [2.05, 4.69) is 20.2 Å². The van der Waals surface area contributed by atoms with Crippen LogP contribution in [0.2, 0.25) is 0 Å². The van der Waals surface area contributed by atoms with Crippen LogP contribution in [0.15, 0.2) is 47.6 Å². The van der Waals surface area contributed by atoms with E-state index in [-0.39, 0.29) is 5.82 Å². The van der Waals surface area contributed by atoms with E-state index in [0.717, 1.165) is 50.5 Å². The number of benzene rings is 1. The van der Waals surface area contributed by atoms with Crippen LogP contribution in [0.25, 0.3) is 0 Å². The minimum atomic E-state index is -0.343. The van der Waals surface area contributed by atoms with Crippen molar-refractivity contribution in [3.05, 3.63) is 54.0 Å². The highest BCUT2D eigenvalue weighted by atomic mass is 19.1. The maximum Gasteiger partial charge on any atom is 0.224 e. The number of nitrogens with one attached hydrogen (secondary N) is 1. The summed E-state index contributed by atoms with van der Waals surface area (Å²) in [4.78, 5) is 10.8. The zero-order valence-electron chi connectivity index (χ0n) is 17.1. The third kappa shape index (κ3) is 6.42. The average molecular weight is 400 g/mol. The van der Waals surface area contributed by atoms with Crippen LogP contribution in [0, 0.1) is 11.7 Å². The Labute approximate surface area is 171 Å². The van der Waals surface area contributed by atoms with Crippen molar-refractivity contribution in [3.8, 4) is 11.6 Å². The van der Waals surface area contributed by atoms with Crippen LogP contribution in [-0.2, 0) is 11.3 Å². The standard InChI is InChI=1S/C22H29FN4O2/c1-24-22(27(2)12-8-17-9-13-28-14-10-17)26-16-18-5-4-11-25-21(18)29-20-7-3-6-19(23)15-20/h3-7,11,15,17H,8-10,12-14,16H2,1-2H3,(H,24,26). The van der Waals surface area contributed by atoms with Crippen molar-refractivity contribution in [2.75, 3.05) is 33.9 Å².